The summed E-state index contributed by atoms with van der Waals surface area (Å²) in [4.78, 5) is 18.9. The Hall–Kier alpha value is -0.900. The molecule has 3 rings (SSSR count). The lowest BCUT2D eigenvalue weighted by Crippen LogP contribution is -2.40. The van der Waals surface area contributed by atoms with E-state index in [2.05, 4.69) is 4.72 Å². The largest absolute Gasteiger partial charge is 0.343 e. The number of carbonyl (C=O) groups is 1. The summed E-state index contributed by atoms with van der Waals surface area (Å²) in [6.07, 6.45) is 2.03. The summed E-state index contributed by atoms with van der Waals surface area (Å²) in [5.74, 6) is 0.140. The maximum Gasteiger partial charge on any atom is 0.222 e. The highest BCUT2D eigenvalue weighted by Gasteiger charge is 2.43. The second kappa shape index (κ2) is 8.63. The SMILES string of the molecule is CN1OCC(S(=O)(=O)NCCCN2CCCC2=O)C1c1ccc(Cl)cc1Cl. The van der Waals surface area contributed by atoms with E-state index in [9.17, 15) is 13.2 Å². The van der Waals surface area contributed by atoms with Gasteiger partial charge in [-0.05, 0) is 30.5 Å². The van der Waals surface area contributed by atoms with Crippen LogP contribution in [0, 0.1) is 0 Å². The lowest BCUT2D eigenvalue weighted by atomic mass is 10.0. The summed E-state index contributed by atoms with van der Waals surface area (Å²) < 4.78 is 28.3. The van der Waals surface area contributed by atoms with Crippen molar-refractivity contribution >= 4 is 39.1 Å². The van der Waals surface area contributed by atoms with Gasteiger partial charge in [0, 0.05) is 43.1 Å². The minimum absolute atomic E-state index is 0.0417. The molecule has 0 radical (unpaired) electrons. The van der Waals surface area contributed by atoms with Crippen LogP contribution in [0.3, 0.4) is 0 Å². The molecule has 2 atom stereocenters. The molecule has 1 N–H and O–H groups in total. The summed E-state index contributed by atoms with van der Waals surface area (Å²) in [5, 5.41) is 1.61. The first kappa shape index (κ1) is 20.8. The quantitative estimate of drug-likeness (QED) is 0.664. The van der Waals surface area contributed by atoms with Crippen LogP contribution in [-0.2, 0) is 19.7 Å². The van der Waals surface area contributed by atoms with E-state index >= 15 is 0 Å². The molecule has 2 fully saturated rings. The summed E-state index contributed by atoms with van der Waals surface area (Å²) in [7, 11) is -1.95. The van der Waals surface area contributed by atoms with E-state index in [0.29, 0.717) is 35.0 Å². The monoisotopic (exact) mass is 435 g/mol. The van der Waals surface area contributed by atoms with Gasteiger partial charge in [0.15, 0.2) is 0 Å². The van der Waals surface area contributed by atoms with Crippen molar-refractivity contribution < 1.29 is 18.0 Å². The molecule has 0 bridgehead atoms. The summed E-state index contributed by atoms with van der Waals surface area (Å²) >= 11 is 12.2. The first-order valence-corrected chi connectivity index (χ1v) is 11.2. The summed E-state index contributed by atoms with van der Waals surface area (Å²) in [6.45, 7) is 1.63. The number of carbonyl (C=O) groups excluding carboxylic acids is 1. The lowest BCUT2D eigenvalue weighted by molar-refractivity contribution is -0.127. The van der Waals surface area contributed by atoms with Crippen molar-refractivity contribution in [3.05, 3.63) is 33.8 Å². The number of hydrogen-bond donors (Lipinski definition) is 1. The molecule has 0 aliphatic carbocycles. The van der Waals surface area contributed by atoms with E-state index in [0.717, 1.165) is 13.0 Å². The van der Waals surface area contributed by atoms with E-state index in [1.807, 2.05) is 0 Å². The topological polar surface area (TPSA) is 79.0 Å². The van der Waals surface area contributed by atoms with Gasteiger partial charge in [0.2, 0.25) is 15.9 Å². The van der Waals surface area contributed by atoms with Crippen molar-refractivity contribution in [3.63, 3.8) is 0 Å². The van der Waals surface area contributed by atoms with Crippen LogP contribution in [0.1, 0.15) is 30.9 Å². The molecular formula is C17H23Cl2N3O4S. The molecule has 2 unspecified atom stereocenters. The van der Waals surface area contributed by atoms with Crippen molar-refractivity contribution in [2.45, 2.75) is 30.6 Å². The van der Waals surface area contributed by atoms with Gasteiger partial charge < -0.3 is 4.90 Å². The van der Waals surface area contributed by atoms with Crippen molar-refractivity contribution in [1.82, 2.24) is 14.7 Å². The van der Waals surface area contributed by atoms with E-state index < -0.39 is 21.3 Å². The Labute approximate surface area is 169 Å². The first-order valence-electron chi connectivity index (χ1n) is 8.86. The molecule has 0 spiro atoms. The maximum atomic E-state index is 12.8. The van der Waals surface area contributed by atoms with Gasteiger partial charge in [-0.2, -0.15) is 5.06 Å². The third-order valence-electron chi connectivity index (χ3n) is 4.95. The number of likely N-dealkylation sites (tertiary alicyclic amines) is 1. The van der Waals surface area contributed by atoms with Crippen molar-refractivity contribution in [2.75, 3.05) is 33.3 Å². The zero-order valence-corrected chi connectivity index (χ0v) is 17.4. The highest BCUT2D eigenvalue weighted by atomic mass is 35.5. The van der Waals surface area contributed by atoms with E-state index in [1.54, 1.807) is 30.1 Å². The van der Waals surface area contributed by atoms with Crippen LogP contribution in [-0.4, -0.2) is 62.8 Å². The number of sulfonamides is 1. The second-order valence-electron chi connectivity index (χ2n) is 6.77. The van der Waals surface area contributed by atoms with Crippen LogP contribution < -0.4 is 4.72 Å². The molecule has 10 heteroatoms. The fraction of sp³-hybridized carbons (Fsp3) is 0.588. The van der Waals surface area contributed by atoms with Gasteiger partial charge in [-0.25, -0.2) is 13.1 Å². The molecule has 2 heterocycles. The number of hydroxylamine groups is 2. The molecule has 150 valence electrons. The molecule has 2 aliphatic heterocycles. The van der Waals surface area contributed by atoms with Crippen LogP contribution in [0.15, 0.2) is 18.2 Å². The third kappa shape index (κ3) is 4.75. The average Bonchev–Trinajstić information content (AvgIpc) is 3.18. The Morgan fingerprint density at radius 3 is 2.78 bits per heavy atom. The molecule has 1 aromatic carbocycles. The fourth-order valence-electron chi connectivity index (χ4n) is 3.53. The number of rotatable bonds is 7. The predicted molar refractivity (Wildman–Crippen MR) is 104 cm³/mol. The average molecular weight is 436 g/mol. The summed E-state index contributed by atoms with van der Waals surface area (Å²) in [6, 6.07) is 4.46. The van der Waals surface area contributed by atoms with Gasteiger partial charge in [-0.3, -0.25) is 9.63 Å². The standard InChI is InChI=1S/C17H23Cl2N3O4S/c1-21-17(13-6-5-12(18)10-14(13)19)15(11-26-21)27(24,25)20-7-3-9-22-8-2-4-16(22)23/h5-6,10,15,17,20H,2-4,7-9,11H2,1H3. The Balaban J connectivity index is 1.64. The Bertz CT molecular complexity index is 805. The van der Waals surface area contributed by atoms with Crippen LogP contribution in [0.25, 0.3) is 0 Å². The van der Waals surface area contributed by atoms with Gasteiger partial charge in [-0.1, -0.05) is 29.3 Å². The molecule has 7 nitrogen and oxygen atoms in total. The van der Waals surface area contributed by atoms with Crippen LogP contribution >= 0.6 is 23.2 Å². The first-order chi connectivity index (χ1) is 12.8. The smallest absolute Gasteiger partial charge is 0.222 e. The van der Waals surface area contributed by atoms with Gasteiger partial charge >= 0.3 is 0 Å². The molecule has 27 heavy (non-hydrogen) atoms. The minimum atomic E-state index is -3.64. The Morgan fingerprint density at radius 2 is 2.11 bits per heavy atom. The van der Waals surface area contributed by atoms with Crippen LogP contribution in [0.2, 0.25) is 10.0 Å². The fourth-order valence-corrected chi connectivity index (χ4v) is 5.59. The highest BCUT2D eigenvalue weighted by molar-refractivity contribution is 7.90. The number of nitrogens with zero attached hydrogens (tertiary/aromatic N) is 2. The summed E-state index contributed by atoms with van der Waals surface area (Å²) in [5.41, 5.74) is 0.652. The molecule has 2 aliphatic rings. The minimum Gasteiger partial charge on any atom is -0.343 e. The molecule has 1 aromatic rings. The number of hydrogen-bond acceptors (Lipinski definition) is 5. The number of halogens is 2. The molecule has 2 saturated heterocycles. The van der Waals surface area contributed by atoms with Gasteiger partial charge in [0.1, 0.15) is 5.25 Å². The third-order valence-corrected chi connectivity index (χ3v) is 7.31. The van der Waals surface area contributed by atoms with E-state index in [4.69, 9.17) is 28.0 Å². The maximum absolute atomic E-state index is 12.8. The van der Waals surface area contributed by atoms with Crippen molar-refractivity contribution in [2.24, 2.45) is 0 Å². The zero-order chi connectivity index (χ0) is 19.6. The van der Waals surface area contributed by atoms with Crippen LogP contribution in [0.4, 0.5) is 0 Å². The van der Waals surface area contributed by atoms with Gasteiger partial charge in [0.25, 0.3) is 0 Å². The van der Waals surface area contributed by atoms with Crippen molar-refractivity contribution in [3.8, 4) is 0 Å². The predicted octanol–water partition coefficient (Wildman–Crippen LogP) is 2.21. The lowest BCUT2D eigenvalue weighted by Gasteiger charge is -2.24. The normalized spacial score (nSPS) is 24.1. The Morgan fingerprint density at radius 1 is 1.33 bits per heavy atom. The van der Waals surface area contributed by atoms with Gasteiger partial charge in [-0.15, -0.1) is 0 Å². The molecule has 1 amide bonds. The van der Waals surface area contributed by atoms with Gasteiger partial charge in [0.05, 0.1) is 12.6 Å². The number of nitrogens with one attached hydrogen (secondary N) is 1. The molecule has 0 aromatic heterocycles. The zero-order valence-electron chi connectivity index (χ0n) is 15.0. The van der Waals surface area contributed by atoms with Crippen LogP contribution in [0.5, 0.6) is 0 Å². The number of amides is 1. The number of benzene rings is 1. The Kier molecular flexibility index (Phi) is 6.66. The van der Waals surface area contributed by atoms with E-state index in [1.165, 1.54) is 5.06 Å². The molecule has 0 saturated carbocycles. The second-order valence-corrected chi connectivity index (χ2v) is 9.60. The highest BCUT2D eigenvalue weighted by Crippen LogP contribution is 2.37. The van der Waals surface area contributed by atoms with Crippen molar-refractivity contribution in [1.29, 1.82) is 0 Å². The van der Waals surface area contributed by atoms with E-state index in [-0.39, 0.29) is 19.1 Å². The molecular weight excluding hydrogens is 413 g/mol.